The van der Waals surface area contributed by atoms with Crippen LogP contribution in [0.2, 0.25) is 0 Å². The molecule has 0 saturated carbocycles. The van der Waals surface area contributed by atoms with Crippen LogP contribution >= 0.6 is 46.8 Å². The average Bonchev–Trinajstić information content (AvgIpc) is 3.23. The van der Waals surface area contributed by atoms with Crippen LogP contribution < -0.4 is 5.32 Å². The maximum absolute atomic E-state index is 12.4. The maximum atomic E-state index is 12.4. The molecule has 0 aromatic carbocycles. The van der Waals surface area contributed by atoms with E-state index in [1.807, 2.05) is 23.6 Å². The van der Waals surface area contributed by atoms with E-state index in [9.17, 15) is 9.59 Å². The number of nitrogens with one attached hydrogen (secondary N) is 1. The molecule has 0 radical (unpaired) electrons. The third kappa shape index (κ3) is 3.99. The second-order valence-corrected chi connectivity index (χ2v) is 7.70. The van der Waals surface area contributed by atoms with Crippen LogP contribution in [0, 0.1) is 0 Å². The highest BCUT2D eigenvalue weighted by Gasteiger charge is 2.32. The van der Waals surface area contributed by atoms with Gasteiger partial charge in [0.05, 0.1) is 4.91 Å². The predicted octanol–water partition coefficient (Wildman–Crippen LogP) is 2.22. The SMILES string of the molecule is O=C(CCN1C(=O)/C(=C/c2cccs2)SC1=S)Nc1nnns1. The van der Waals surface area contributed by atoms with Crippen molar-refractivity contribution in [1.29, 1.82) is 0 Å². The molecule has 1 fully saturated rings. The van der Waals surface area contributed by atoms with Crippen molar-refractivity contribution in [2.75, 3.05) is 11.9 Å². The van der Waals surface area contributed by atoms with Gasteiger partial charge in [-0.05, 0) is 22.7 Å². The minimum Gasteiger partial charge on any atom is -0.299 e. The first-order chi connectivity index (χ1) is 11.1. The molecule has 0 aliphatic carbocycles. The smallest absolute Gasteiger partial charge is 0.266 e. The topological polar surface area (TPSA) is 88.1 Å². The van der Waals surface area contributed by atoms with Crippen LogP contribution in [0.15, 0.2) is 22.4 Å². The van der Waals surface area contributed by atoms with Gasteiger partial charge in [-0.15, -0.1) is 11.3 Å². The molecular formula is C12H9N5O2S4. The lowest BCUT2D eigenvalue weighted by molar-refractivity contribution is -0.122. The van der Waals surface area contributed by atoms with Crippen LogP contribution in [0.1, 0.15) is 11.3 Å². The predicted molar refractivity (Wildman–Crippen MR) is 95.1 cm³/mol. The number of thioether (sulfide) groups is 1. The summed E-state index contributed by atoms with van der Waals surface area (Å²) >= 11 is 9.02. The Balaban J connectivity index is 1.59. The molecular weight excluding hydrogens is 374 g/mol. The molecule has 118 valence electrons. The zero-order valence-electron chi connectivity index (χ0n) is 11.5. The van der Waals surface area contributed by atoms with Gasteiger partial charge in [-0.3, -0.25) is 19.8 Å². The lowest BCUT2D eigenvalue weighted by atomic mass is 10.3. The van der Waals surface area contributed by atoms with Crippen molar-refractivity contribution in [3.8, 4) is 0 Å². The van der Waals surface area contributed by atoms with E-state index in [1.165, 1.54) is 16.7 Å². The fourth-order valence-electron chi connectivity index (χ4n) is 1.77. The highest BCUT2D eigenvalue weighted by Crippen LogP contribution is 2.33. The summed E-state index contributed by atoms with van der Waals surface area (Å²) in [4.78, 5) is 27.2. The van der Waals surface area contributed by atoms with Gasteiger partial charge in [0.1, 0.15) is 4.32 Å². The fraction of sp³-hybridized carbons (Fsp3) is 0.167. The van der Waals surface area contributed by atoms with E-state index in [1.54, 1.807) is 11.3 Å². The maximum Gasteiger partial charge on any atom is 0.266 e. The number of aromatic nitrogens is 3. The Morgan fingerprint density at radius 1 is 1.48 bits per heavy atom. The highest BCUT2D eigenvalue weighted by molar-refractivity contribution is 8.26. The van der Waals surface area contributed by atoms with Crippen molar-refractivity contribution in [2.45, 2.75) is 6.42 Å². The summed E-state index contributed by atoms with van der Waals surface area (Å²) in [6.45, 7) is 0.227. The standard InChI is InChI=1S/C12H9N5O2S4/c18-9(13-11-14-15-16-23-11)3-4-17-10(19)8(22-12(17)20)6-7-2-1-5-21-7/h1-2,5-6H,3-4H2,(H,13,14,16,18)/b8-6-. The lowest BCUT2D eigenvalue weighted by Gasteiger charge is -2.13. The number of carbonyl (C=O) groups is 2. The van der Waals surface area contributed by atoms with Crippen molar-refractivity contribution >= 4 is 74.2 Å². The van der Waals surface area contributed by atoms with E-state index in [4.69, 9.17) is 12.2 Å². The molecule has 2 aromatic heterocycles. The molecule has 3 rings (SSSR count). The molecule has 2 aromatic rings. The third-order valence-electron chi connectivity index (χ3n) is 2.80. The largest absolute Gasteiger partial charge is 0.299 e. The molecule has 1 aliphatic rings. The van der Waals surface area contributed by atoms with Gasteiger partial charge in [-0.1, -0.05) is 39.6 Å². The Morgan fingerprint density at radius 3 is 3.04 bits per heavy atom. The normalized spacial score (nSPS) is 16.3. The summed E-state index contributed by atoms with van der Waals surface area (Å²) in [5.41, 5.74) is 0. The van der Waals surface area contributed by atoms with Crippen molar-refractivity contribution < 1.29 is 9.59 Å². The average molecular weight is 384 g/mol. The van der Waals surface area contributed by atoms with E-state index >= 15 is 0 Å². The zero-order valence-corrected chi connectivity index (χ0v) is 14.7. The molecule has 3 heterocycles. The monoisotopic (exact) mass is 383 g/mol. The highest BCUT2D eigenvalue weighted by atomic mass is 32.2. The minimum absolute atomic E-state index is 0.123. The van der Waals surface area contributed by atoms with Crippen LogP contribution in [0.4, 0.5) is 5.13 Å². The van der Waals surface area contributed by atoms with Crippen LogP contribution in [-0.4, -0.2) is 42.4 Å². The van der Waals surface area contributed by atoms with Gasteiger partial charge in [-0.2, -0.15) is 0 Å². The van der Waals surface area contributed by atoms with Gasteiger partial charge >= 0.3 is 0 Å². The Bertz CT molecular complexity index is 757. The van der Waals surface area contributed by atoms with Crippen molar-refractivity contribution in [3.63, 3.8) is 0 Å². The van der Waals surface area contributed by atoms with Gasteiger partial charge in [0, 0.05) is 29.4 Å². The van der Waals surface area contributed by atoms with E-state index in [0.717, 1.165) is 16.4 Å². The van der Waals surface area contributed by atoms with Crippen molar-refractivity contribution in [1.82, 2.24) is 19.7 Å². The van der Waals surface area contributed by atoms with Crippen LogP contribution in [0.5, 0.6) is 0 Å². The second-order valence-electron chi connectivity index (χ2n) is 4.31. The van der Waals surface area contributed by atoms with Crippen molar-refractivity contribution in [3.05, 3.63) is 27.3 Å². The quantitative estimate of drug-likeness (QED) is 0.625. The number of hydrogen-bond donors (Lipinski definition) is 1. The molecule has 7 nitrogen and oxygen atoms in total. The summed E-state index contributed by atoms with van der Waals surface area (Å²) in [5, 5.41) is 11.9. The van der Waals surface area contributed by atoms with Gasteiger partial charge in [0.15, 0.2) is 0 Å². The molecule has 1 saturated heterocycles. The number of thiophene rings is 1. The molecule has 0 atom stereocenters. The van der Waals surface area contributed by atoms with E-state index in [-0.39, 0.29) is 24.8 Å². The molecule has 0 bridgehead atoms. The third-order valence-corrected chi connectivity index (χ3v) is 5.51. The number of thiocarbonyl (C=S) groups is 1. The van der Waals surface area contributed by atoms with Gasteiger partial charge in [-0.25, -0.2) is 0 Å². The summed E-state index contributed by atoms with van der Waals surface area (Å²) in [6.07, 6.45) is 1.94. The fourth-order valence-corrected chi connectivity index (χ4v) is 4.19. The number of hydrogen-bond acceptors (Lipinski definition) is 9. The van der Waals surface area contributed by atoms with E-state index in [2.05, 4.69) is 20.1 Å². The van der Waals surface area contributed by atoms with Crippen molar-refractivity contribution in [2.24, 2.45) is 0 Å². The zero-order chi connectivity index (χ0) is 16.2. The Morgan fingerprint density at radius 2 is 2.35 bits per heavy atom. The van der Waals surface area contributed by atoms with Crippen LogP contribution in [-0.2, 0) is 9.59 Å². The van der Waals surface area contributed by atoms with Gasteiger partial charge in [0.2, 0.25) is 11.0 Å². The molecule has 11 heteroatoms. The van der Waals surface area contributed by atoms with Gasteiger partial charge < -0.3 is 0 Å². The number of anilines is 1. The minimum atomic E-state index is -0.264. The second kappa shape index (κ2) is 7.25. The first kappa shape index (κ1) is 16.2. The lowest BCUT2D eigenvalue weighted by Crippen LogP contribution is -2.31. The van der Waals surface area contributed by atoms with E-state index in [0.29, 0.717) is 14.4 Å². The van der Waals surface area contributed by atoms with E-state index < -0.39 is 0 Å². The Kier molecular flexibility index (Phi) is 5.10. The number of rotatable bonds is 5. The van der Waals surface area contributed by atoms with Crippen LogP contribution in [0.3, 0.4) is 0 Å². The summed E-state index contributed by atoms with van der Waals surface area (Å²) in [7, 11) is 0. The number of carbonyl (C=O) groups excluding carboxylic acids is 2. The Labute approximate surface area is 148 Å². The molecule has 2 amide bonds. The summed E-state index contributed by atoms with van der Waals surface area (Å²) in [6, 6.07) is 3.85. The molecule has 1 aliphatic heterocycles. The number of amides is 2. The first-order valence-electron chi connectivity index (χ1n) is 6.37. The molecule has 23 heavy (non-hydrogen) atoms. The molecule has 0 unspecified atom stereocenters. The Hall–Kier alpha value is -1.69. The molecule has 0 spiro atoms. The number of nitrogens with zero attached hydrogens (tertiary/aromatic N) is 4. The first-order valence-corrected chi connectivity index (χ1v) is 9.25. The summed E-state index contributed by atoms with van der Waals surface area (Å²) < 4.78 is 4.01. The molecule has 1 N–H and O–H groups in total. The summed E-state index contributed by atoms with van der Waals surface area (Å²) in [5.74, 6) is -0.432. The van der Waals surface area contributed by atoms with Crippen LogP contribution in [0.25, 0.3) is 6.08 Å². The van der Waals surface area contributed by atoms with Gasteiger partial charge in [0.25, 0.3) is 5.91 Å².